The predicted molar refractivity (Wildman–Crippen MR) is 102 cm³/mol. The van der Waals surface area contributed by atoms with E-state index in [1.807, 2.05) is 0 Å². The quantitative estimate of drug-likeness (QED) is 0.591. The number of benzene rings is 1. The average molecular weight is 410 g/mol. The van der Waals surface area contributed by atoms with Crippen molar-refractivity contribution >= 4 is 50.7 Å². The van der Waals surface area contributed by atoms with Gasteiger partial charge in [-0.1, -0.05) is 17.7 Å². The summed E-state index contributed by atoms with van der Waals surface area (Å²) < 4.78 is 0. The first-order valence-electron chi connectivity index (χ1n) is 8.15. The number of anilines is 2. The van der Waals surface area contributed by atoms with Crippen LogP contribution in [0.2, 0.25) is 5.02 Å². The predicted octanol–water partition coefficient (Wildman–Crippen LogP) is 3.59. The molecule has 0 aliphatic carbocycles. The molecule has 9 nitrogen and oxygen atoms in total. The summed E-state index contributed by atoms with van der Waals surface area (Å²) in [6.45, 7) is 0.866. The normalized spacial score (nSPS) is 14.6. The van der Waals surface area contributed by atoms with Crippen LogP contribution in [-0.4, -0.2) is 39.8 Å². The van der Waals surface area contributed by atoms with E-state index in [-0.39, 0.29) is 28.0 Å². The fourth-order valence-electron chi connectivity index (χ4n) is 2.73. The highest BCUT2D eigenvalue weighted by molar-refractivity contribution is 7.18. The van der Waals surface area contributed by atoms with Crippen molar-refractivity contribution in [2.45, 2.75) is 12.8 Å². The topological polar surface area (TPSA) is 117 Å². The van der Waals surface area contributed by atoms with Crippen molar-refractivity contribution in [2.24, 2.45) is 5.92 Å². The molecule has 1 fully saturated rings. The smallest absolute Gasteiger partial charge is 0.324 e. The average Bonchev–Trinajstić information content (AvgIpc) is 3.10. The second-order valence-electron chi connectivity index (χ2n) is 5.95. The fraction of sp³-hybridized carbons (Fsp3) is 0.312. The van der Waals surface area contributed by atoms with Crippen molar-refractivity contribution in [3.8, 4) is 0 Å². The number of hydrogen-bond acceptors (Lipinski definition) is 6. The molecule has 3 rings (SSSR count). The SMILES string of the molecule is O=C(Nc1ncc([N+](=O)[O-])s1)C1CCN(C(=O)Nc2cccc(Cl)c2)CC1. The van der Waals surface area contributed by atoms with Crippen LogP contribution >= 0.6 is 22.9 Å². The lowest BCUT2D eigenvalue weighted by Crippen LogP contribution is -2.43. The lowest BCUT2D eigenvalue weighted by molar-refractivity contribution is -0.380. The van der Waals surface area contributed by atoms with Gasteiger partial charge in [0, 0.05) is 29.7 Å². The highest BCUT2D eigenvalue weighted by Crippen LogP contribution is 2.27. The molecular weight excluding hydrogens is 394 g/mol. The molecule has 2 N–H and O–H groups in total. The Morgan fingerprint density at radius 2 is 2.04 bits per heavy atom. The molecule has 0 radical (unpaired) electrons. The van der Waals surface area contributed by atoms with E-state index < -0.39 is 4.92 Å². The second kappa shape index (κ2) is 8.31. The van der Waals surface area contributed by atoms with Gasteiger partial charge in [-0.15, -0.1) is 0 Å². The minimum absolute atomic E-state index is 0.127. The summed E-state index contributed by atoms with van der Waals surface area (Å²) in [6, 6.07) is 6.63. The number of nitrogens with zero attached hydrogens (tertiary/aromatic N) is 3. The van der Waals surface area contributed by atoms with Crippen LogP contribution in [0.1, 0.15) is 12.8 Å². The summed E-state index contributed by atoms with van der Waals surface area (Å²) in [6.07, 6.45) is 2.12. The summed E-state index contributed by atoms with van der Waals surface area (Å²) in [5, 5.41) is 16.7. The zero-order valence-corrected chi connectivity index (χ0v) is 15.6. The molecule has 2 aromatic rings. The zero-order valence-electron chi connectivity index (χ0n) is 14.1. The van der Waals surface area contributed by atoms with Crippen molar-refractivity contribution in [3.63, 3.8) is 0 Å². The van der Waals surface area contributed by atoms with Crippen LogP contribution < -0.4 is 10.6 Å². The Morgan fingerprint density at radius 3 is 2.67 bits per heavy atom. The number of hydrogen-bond donors (Lipinski definition) is 2. The Bertz CT molecular complexity index is 866. The van der Waals surface area contributed by atoms with Crippen LogP contribution in [-0.2, 0) is 4.79 Å². The summed E-state index contributed by atoms with van der Waals surface area (Å²) in [5.74, 6) is -0.516. The molecule has 1 aromatic carbocycles. The Hall–Kier alpha value is -2.72. The number of thiazole rings is 1. The number of urea groups is 1. The molecule has 11 heteroatoms. The minimum atomic E-state index is -0.551. The molecular formula is C16H16ClN5O4S. The van der Waals surface area contributed by atoms with E-state index in [9.17, 15) is 19.7 Å². The standard InChI is InChI=1S/C16H16ClN5O4S/c17-11-2-1-3-12(8-11)19-16(24)21-6-4-10(5-7-21)14(23)20-15-18-9-13(27-15)22(25)26/h1-3,8-10H,4-7H2,(H,19,24)(H,18,20,23). The molecule has 0 atom stereocenters. The maximum atomic E-state index is 12.3. The van der Waals surface area contributed by atoms with Crippen LogP contribution in [0.25, 0.3) is 0 Å². The van der Waals surface area contributed by atoms with E-state index in [0.29, 0.717) is 36.6 Å². The number of nitrogens with one attached hydrogen (secondary N) is 2. The molecule has 2 heterocycles. The van der Waals surface area contributed by atoms with Crippen LogP contribution in [0.3, 0.4) is 0 Å². The van der Waals surface area contributed by atoms with E-state index in [2.05, 4.69) is 15.6 Å². The summed E-state index contributed by atoms with van der Waals surface area (Å²) in [4.78, 5) is 40.2. The Morgan fingerprint density at radius 1 is 1.30 bits per heavy atom. The number of carbonyl (C=O) groups excluding carboxylic acids is 2. The van der Waals surface area contributed by atoms with Gasteiger partial charge >= 0.3 is 11.0 Å². The van der Waals surface area contributed by atoms with Gasteiger partial charge < -0.3 is 15.5 Å². The molecule has 3 amide bonds. The first-order valence-corrected chi connectivity index (χ1v) is 9.34. The number of carbonyl (C=O) groups is 2. The molecule has 1 saturated heterocycles. The molecule has 0 unspecified atom stereocenters. The van der Waals surface area contributed by atoms with Gasteiger partial charge in [0.05, 0.1) is 4.92 Å². The van der Waals surface area contributed by atoms with Crippen LogP contribution in [0, 0.1) is 16.0 Å². The van der Waals surface area contributed by atoms with Gasteiger partial charge in [-0.3, -0.25) is 14.9 Å². The third-order valence-corrected chi connectivity index (χ3v) is 5.23. The van der Waals surface area contributed by atoms with Crippen LogP contribution in [0.4, 0.5) is 20.6 Å². The lowest BCUT2D eigenvalue weighted by atomic mass is 9.96. The van der Waals surface area contributed by atoms with Crippen molar-refractivity contribution in [1.82, 2.24) is 9.88 Å². The highest BCUT2D eigenvalue weighted by Gasteiger charge is 2.28. The first-order chi connectivity index (χ1) is 12.9. The minimum Gasteiger partial charge on any atom is -0.324 e. The second-order valence-corrected chi connectivity index (χ2v) is 7.40. The largest absolute Gasteiger partial charge is 0.345 e. The van der Waals surface area contributed by atoms with Gasteiger partial charge in [-0.25, -0.2) is 9.78 Å². The Balaban J connectivity index is 1.49. The van der Waals surface area contributed by atoms with Gasteiger partial charge in [0.1, 0.15) is 6.20 Å². The summed E-state index contributed by atoms with van der Waals surface area (Å²) >= 11 is 6.72. The highest BCUT2D eigenvalue weighted by atomic mass is 35.5. The number of likely N-dealkylation sites (tertiary alicyclic amines) is 1. The molecule has 0 saturated carbocycles. The van der Waals surface area contributed by atoms with E-state index in [1.165, 1.54) is 0 Å². The molecule has 142 valence electrons. The van der Waals surface area contributed by atoms with Crippen LogP contribution in [0.5, 0.6) is 0 Å². The maximum absolute atomic E-state index is 12.3. The van der Waals surface area contributed by atoms with E-state index in [4.69, 9.17) is 11.6 Å². The zero-order chi connectivity index (χ0) is 19.4. The number of aromatic nitrogens is 1. The van der Waals surface area contributed by atoms with E-state index in [1.54, 1.807) is 29.2 Å². The van der Waals surface area contributed by atoms with Gasteiger partial charge in [0.2, 0.25) is 5.91 Å². The molecule has 27 heavy (non-hydrogen) atoms. The molecule has 0 bridgehead atoms. The number of piperidine rings is 1. The molecule has 1 aliphatic heterocycles. The van der Waals surface area contributed by atoms with Crippen molar-refractivity contribution < 1.29 is 14.5 Å². The van der Waals surface area contributed by atoms with Gasteiger partial charge in [-0.05, 0) is 42.4 Å². The first kappa shape index (κ1) is 19.1. The van der Waals surface area contributed by atoms with E-state index in [0.717, 1.165) is 17.5 Å². The summed E-state index contributed by atoms with van der Waals surface area (Å²) in [5.41, 5.74) is 0.609. The van der Waals surface area contributed by atoms with Gasteiger partial charge in [-0.2, -0.15) is 0 Å². The van der Waals surface area contributed by atoms with Crippen LogP contribution in [0.15, 0.2) is 30.5 Å². The van der Waals surface area contributed by atoms with Crippen molar-refractivity contribution in [1.29, 1.82) is 0 Å². The van der Waals surface area contributed by atoms with E-state index >= 15 is 0 Å². The lowest BCUT2D eigenvalue weighted by Gasteiger charge is -2.31. The fourth-order valence-corrected chi connectivity index (χ4v) is 3.55. The van der Waals surface area contributed by atoms with Crippen molar-refractivity contribution in [2.75, 3.05) is 23.7 Å². The molecule has 1 aliphatic rings. The van der Waals surface area contributed by atoms with Gasteiger partial charge in [0.25, 0.3) is 0 Å². The molecule has 1 aromatic heterocycles. The number of nitro groups is 1. The Kier molecular flexibility index (Phi) is 5.87. The third-order valence-electron chi connectivity index (χ3n) is 4.13. The monoisotopic (exact) mass is 409 g/mol. The number of halogens is 1. The number of amides is 3. The molecule has 0 spiro atoms. The number of rotatable bonds is 4. The third kappa shape index (κ3) is 4.92. The summed E-state index contributed by atoms with van der Waals surface area (Å²) in [7, 11) is 0. The van der Waals surface area contributed by atoms with Crippen molar-refractivity contribution in [3.05, 3.63) is 45.6 Å². The Labute approximate surface area is 163 Å². The van der Waals surface area contributed by atoms with Gasteiger partial charge in [0.15, 0.2) is 5.13 Å². The maximum Gasteiger partial charge on any atom is 0.345 e.